The van der Waals surface area contributed by atoms with Crippen molar-refractivity contribution in [2.24, 2.45) is 5.92 Å². The van der Waals surface area contributed by atoms with Crippen LogP contribution in [0.5, 0.6) is 0 Å². The third-order valence-electron chi connectivity index (χ3n) is 1.84. The third-order valence-corrected chi connectivity index (χ3v) is 2.80. The van der Waals surface area contributed by atoms with Crippen molar-refractivity contribution in [3.05, 3.63) is 11.3 Å². The molecule has 0 fully saturated rings. The first kappa shape index (κ1) is 12.0. The van der Waals surface area contributed by atoms with Gasteiger partial charge in [0.1, 0.15) is 10.6 Å². The molecule has 0 spiro atoms. The molecule has 0 aliphatic rings. The van der Waals surface area contributed by atoms with Gasteiger partial charge >= 0.3 is 5.97 Å². The van der Waals surface area contributed by atoms with Crippen LogP contribution in [0.15, 0.2) is 0 Å². The fraction of sp³-hybridized carbons (Fsp3) is 0.600. The minimum absolute atomic E-state index is 0.292. The van der Waals surface area contributed by atoms with Crippen molar-refractivity contribution < 1.29 is 9.53 Å². The lowest BCUT2D eigenvalue weighted by Crippen LogP contribution is -2.11. The van der Waals surface area contributed by atoms with Crippen LogP contribution < -0.4 is 5.32 Å². The Labute approximate surface area is 93.8 Å². The summed E-state index contributed by atoms with van der Waals surface area (Å²) >= 11 is 1.28. The van der Waals surface area contributed by atoms with Crippen LogP contribution in [0.3, 0.4) is 0 Å². The molecule has 84 valence electrons. The molecule has 0 aromatic carbocycles. The van der Waals surface area contributed by atoms with Gasteiger partial charge < -0.3 is 10.1 Å². The molecule has 1 aromatic heterocycles. The van der Waals surface area contributed by atoms with Gasteiger partial charge in [0.25, 0.3) is 0 Å². The molecular weight excluding hydrogens is 212 g/mol. The fourth-order valence-electron chi connectivity index (χ4n) is 1.10. The first-order chi connectivity index (χ1) is 7.06. The predicted octanol–water partition coefficient (Wildman–Crippen LogP) is 2.31. The highest BCUT2D eigenvalue weighted by Crippen LogP contribution is 2.24. The summed E-state index contributed by atoms with van der Waals surface area (Å²) in [4.78, 5) is 11.7. The van der Waals surface area contributed by atoms with E-state index in [1.807, 2.05) is 20.8 Å². The van der Waals surface area contributed by atoms with Gasteiger partial charge in [-0.1, -0.05) is 13.8 Å². The number of carbonyl (C=O) groups excluding carboxylic acids is 1. The number of hydrogen-bond acceptors (Lipinski definition) is 5. The van der Waals surface area contributed by atoms with Crippen LogP contribution in [0, 0.1) is 12.8 Å². The smallest absolute Gasteiger partial charge is 0.343 e. The summed E-state index contributed by atoms with van der Waals surface area (Å²) < 4.78 is 9.27. The molecule has 1 rings (SSSR count). The van der Waals surface area contributed by atoms with Crippen LogP contribution >= 0.6 is 11.5 Å². The Morgan fingerprint density at radius 1 is 1.60 bits per heavy atom. The summed E-state index contributed by atoms with van der Waals surface area (Å²) in [5.41, 5.74) is 1.28. The van der Waals surface area contributed by atoms with E-state index in [0.29, 0.717) is 18.1 Å². The van der Waals surface area contributed by atoms with E-state index in [1.54, 1.807) is 7.05 Å². The molecule has 4 nitrogen and oxygen atoms in total. The minimum Gasteiger partial charge on any atom is -0.462 e. The third kappa shape index (κ3) is 2.92. The number of ether oxygens (including phenoxy) is 1. The zero-order valence-electron chi connectivity index (χ0n) is 9.46. The lowest BCUT2D eigenvalue weighted by molar-refractivity contribution is 0.0459. The minimum atomic E-state index is -0.292. The van der Waals surface area contributed by atoms with E-state index in [-0.39, 0.29) is 5.97 Å². The Kier molecular flexibility index (Phi) is 4.08. The van der Waals surface area contributed by atoms with Crippen LogP contribution in [0.1, 0.15) is 29.9 Å². The van der Waals surface area contributed by atoms with Gasteiger partial charge in [-0.15, -0.1) is 0 Å². The van der Waals surface area contributed by atoms with Gasteiger partial charge in [-0.05, 0) is 24.4 Å². The second-order valence-electron chi connectivity index (χ2n) is 3.71. The molecule has 15 heavy (non-hydrogen) atoms. The molecule has 0 saturated heterocycles. The average Bonchev–Trinajstić information content (AvgIpc) is 2.56. The summed E-state index contributed by atoms with van der Waals surface area (Å²) in [6.07, 6.45) is 0. The van der Waals surface area contributed by atoms with E-state index >= 15 is 0 Å². The van der Waals surface area contributed by atoms with Crippen LogP contribution in [-0.2, 0) is 4.74 Å². The van der Waals surface area contributed by atoms with E-state index in [0.717, 1.165) is 10.7 Å². The summed E-state index contributed by atoms with van der Waals surface area (Å²) in [6, 6.07) is 0. The Morgan fingerprint density at radius 3 is 2.80 bits per heavy atom. The van der Waals surface area contributed by atoms with Crippen molar-refractivity contribution >= 4 is 22.5 Å². The molecule has 0 amide bonds. The second-order valence-corrected chi connectivity index (χ2v) is 4.49. The average molecular weight is 228 g/mol. The topological polar surface area (TPSA) is 51.2 Å². The Balaban J connectivity index is 2.76. The number of anilines is 1. The van der Waals surface area contributed by atoms with Gasteiger partial charge in [-0.2, -0.15) is 4.37 Å². The van der Waals surface area contributed by atoms with Crippen LogP contribution in [0.4, 0.5) is 5.00 Å². The van der Waals surface area contributed by atoms with Gasteiger partial charge in [-0.3, -0.25) is 0 Å². The molecule has 0 unspecified atom stereocenters. The Bertz CT molecular complexity index is 347. The first-order valence-electron chi connectivity index (χ1n) is 4.87. The monoisotopic (exact) mass is 228 g/mol. The molecule has 0 bridgehead atoms. The molecule has 0 aliphatic carbocycles. The number of esters is 1. The molecule has 0 radical (unpaired) electrons. The van der Waals surface area contributed by atoms with Crippen LogP contribution in [0.2, 0.25) is 0 Å². The number of aromatic nitrogens is 1. The molecule has 0 aliphatic heterocycles. The van der Waals surface area contributed by atoms with Crippen LogP contribution in [0.25, 0.3) is 0 Å². The van der Waals surface area contributed by atoms with Gasteiger partial charge in [0, 0.05) is 7.05 Å². The summed E-state index contributed by atoms with van der Waals surface area (Å²) in [5.74, 6) is 0.0539. The molecule has 1 aromatic rings. The molecule has 0 atom stereocenters. The second kappa shape index (κ2) is 5.11. The highest BCUT2D eigenvalue weighted by atomic mass is 32.1. The first-order valence-corrected chi connectivity index (χ1v) is 5.64. The summed E-state index contributed by atoms with van der Waals surface area (Å²) in [6.45, 7) is 6.26. The van der Waals surface area contributed by atoms with E-state index in [2.05, 4.69) is 9.69 Å². The molecule has 1 heterocycles. The maximum Gasteiger partial charge on any atom is 0.343 e. The van der Waals surface area contributed by atoms with E-state index in [4.69, 9.17) is 4.74 Å². The number of rotatable bonds is 4. The summed E-state index contributed by atoms with van der Waals surface area (Å²) in [7, 11) is 1.77. The van der Waals surface area contributed by atoms with Crippen molar-refractivity contribution in [2.45, 2.75) is 20.8 Å². The number of hydrogen-bond donors (Lipinski definition) is 1. The van der Waals surface area contributed by atoms with Crippen LogP contribution in [-0.4, -0.2) is 24.0 Å². The fourth-order valence-corrected chi connectivity index (χ4v) is 1.83. The number of aryl methyl sites for hydroxylation is 1. The highest BCUT2D eigenvalue weighted by molar-refractivity contribution is 7.10. The quantitative estimate of drug-likeness (QED) is 0.803. The zero-order valence-corrected chi connectivity index (χ0v) is 10.3. The molecule has 1 N–H and O–H groups in total. The normalized spacial score (nSPS) is 10.5. The van der Waals surface area contributed by atoms with Gasteiger partial charge in [0.2, 0.25) is 0 Å². The molecule has 0 saturated carbocycles. The van der Waals surface area contributed by atoms with Gasteiger partial charge in [0.05, 0.1) is 12.3 Å². The molecule has 5 heteroatoms. The Morgan fingerprint density at radius 2 is 2.27 bits per heavy atom. The maximum absolute atomic E-state index is 11.7. The SMILES string of the molecule is CNc1snc(C)c1C(=O)OCC(C)C. The van der Waals surface area contributed by atoms with E-state index in [1.165, 1.54) is 11.5 Å². The van der Waals surface area contributed by atoms with Crippen molar-refractivity contribution in [3.63, 3.8) is 0 Å². The zero-order chi connectivity index (χ0) is 11.4. The predicted molar refractivity (Wildman–Crippen MR) is 61.5 cm³/mol. The highest BCUT2D eigenvalue weighted by Gasteiger charge is 2.19. The largest absolute Gasteiger partial charge is 0.462 e. The van der Waals surface area contributed by atoms with Gasteiger partial charge in [-0.25, -0.2) is 4.79 Å². The Hall–Kier alpha value is -1.10. The van der Waals surface area contributed by atoms with Crippen molar-refractivity contribution in [1.82, 2.24) is 4.37 Å². The maximum atomic E-state index is 11.7. The van der Waals surface area contributed by atoms with Gasteiger partial charge in [0.15, 0.2) is 0 Å². The standard InChI is InChI=1S/C10H16N2O2S/c1-6(2)5-14-10(13)8-7(3)12-15-9(8)11-4/h6,11H,5H2,1-4H3. The molecular formula is C10H16N2O2S. The summed E-state index contributed by atoms with van der Waals surface area (Å²) in [5, 5.41) is 3.71. The van der Waals surface area contributed by atoms with Crippen molar-refractivity contribution in [1.29, 1.82) is 0 Å². The number of nitrogens with one attached hydrogen (secondary N) is 1. The van der Waals surface area contributed by atoms with E-state index < -0.39 is 0 Å². The number of carbonyl (C=O) groups is 1. The van der Waals surface area contributed by atoms with Crippen molar-refractivity contribution in [3.8, 4) is 0 Å². The lowest BCUT2D eigenvalue weighted by Gasteiger charge is -2.07. The van der Waals surface area contributed by atoms with E-state index in [9.17, 15) is 4.79 Å². The number of nitrogens with zero attached hydrogens (tertiary/aromatic N) is 1. The van der Waals surface area contributed by atoms with Crippen molar-refractivity contribution in [2.75, 3.05) is 19.0 Å². The lowest BCUT2D eigenvalue weighted by atomic mass is 10.2.